The van der Waals surface area contributed by atoms with Crippen LogP contribution in [0.3, 0.4) is 0 Å². The van der Waals surface area contributed by atoms with Gasteiger partial charge in [-0.1, -0.05) is 24.8 Å². The van der Waals surface area contributed by atoms with E-state index in [1.54, 1.807) is 24.3 Å². The Bertz CT molecular complexity index is 1090. The molecule has 164 valence electrons. The topological polar surface area (TPSA) is 117 Å². The van der Waals surface area contributed by atoms with Crippen LogP contribution in [0.1, 0.15) is 22.8 Å². The van der Waals surface area contributed by atoms with Gasteiger partial charge < -0.3 is 10.1 Å². The average molecular weight is 445 g/mol. The van der Waals surface area contributed by atoms with Gasteiger partial charge in [0.05, 0.1) is 23.8 Å². The van der Waals surface area contributed by atoms with Gasteiger partial charge in [-0.2, -0.15) is 4.31 Å². The number of hydrogen-bond acceptors (Lipinski definition) is 6. The molecule has 1 saturated heterocycles. The van der Waals surface area contributed by atoms with Gasteiger partial charge in [0, 0.05) is 36.8 Å². The van der Waals surface area contributed by atoms with Crippen LogP contribution in [0.2, 0.25) is 0 Å². The number of carbonyl (C=O) groups excluding carboxylic acids is 2. The summed E-state index contributed by atoms with van der Waals surface area (Å²) in [5.74, 6) is -0.714. The zero-order chi connectivity index (χ0) is 22.4. The number of amides is 2. The predicted molar refractivity (Wildman–Crippen MR) is 116 cm³/mol. The number of hydrogen-bond donors (Lipinski definition) is 3. The molecule has 3 N–H and O–H groups in total. The van der Waals surface area contributed by atoms with Crippen molar-refractivity contribution in [2.24, 2.45) is 0 Å². The first-order valence-corrected chi connectivity index (χ1v) is 11.0. The Hall–Kier alpha value is -3.21. The second-order valence-electron chi connectivity index (χ2n) is 6.86. The van der Waals surface area contributed by atoms with Crippen LogP contribution in [0.4, 0.5) is 5.69 Å². The number of sulfonamides is 1. The molecule has 0 atom stereocenters. The van der Waals surface area contributed by atoms with Crippen molar-refractivity contribution in [3.05, 3.63) is 66.2 Å². The molecule has 1 fully saturated rings. The SMILES string of the molecule is C=C(NNC(=O)c1cccc(S(=O)(=O)N2CCOCC2)c1)c1cccc(NC(C)=O)c1. The summed E-state index contributed by atoms with van der Waals surface area (Å²) in [7, 11) is -3.71. The van der Waals surface area contributed by atoms with E-state index in [0.717, 1.165) is 0 Å². The van der Waals surface area contributed by atoms with Gasteiger partial charge in [-0.25, -0.2) is 8.42 Å². The highest BCUT2D eigenvalue weighted by molar-refractivity contribution is 7.89. The smallest absolute Gasteiger partial charge is 0.269 e. The van der Waals surface area contributed by atoms with Crippen LogP contribution in [-0.2, 0) is 19.6 Å². The maximum Gasteiger partial charge on any atom is 0.269 e. The Labute approximate surface area is 181 Å². The zero-order valence-electron chi connectivity index (χ0n) is 17.1. The Balaban J connectivity index is 1.66. The lowest BCUT2D eigenvalue weighted by Gasteiger charge is -2.26. The predicted octanol–water partition coefficient (Wildman–Crippen LogP) is 1.57. The highest BCUT2D eigenvalue weighted by Gasteiger charge is 2.26. The average Bonchev–Trinajstić information content (AvgIpc) is 2.77. The van der Waals surface area contributed by atoms with Gasteiger partial charge in [-0.15, -0.1) is 0 Å². The summed E-state index contributed by atoms with van der Waals surface area (Å²) < 4.78 is 32.1. The first-order chi connectivity index (χ1) is 14.8. The Morgan fingerprint density at radius 2 is 1.68 bits per heavy atom. The minimum Gasteiger partial charge on any atom is -0.379 e. The first-order valence-electron chi connectivity index (χ1n) is 9.58. The Morgan fingerprint density at radius 3 is 2.39 bits per heavy atom. The highest BCUT2D eigenvalue weighted by atomic mass is 32.2. The zero-order valence-corrected chi connectivity index (χ0v) is 17.9. The van der Waals surface area contributed by atoms with E-state index in [9.17, 15) is 18.0 Å². The molecule has 0 aromatic heterocycles. The van der Waals surface area contributed by atoms with E-state index in [1.165, 1.54) is 35.5 Å². The molecule has 1 aliphatic heterocycles. The minimum atomic E-state index is -3.71. The van der Waals surface area contributed by atoms with E-state index in [0.29, 0.717) is 30.2 Å². The second-order valence-corrected chi connectivity index (χ2v) is 8.80. The van der Waals surface area contributed by atoms with Crippen LogP contribution in [0.25, 0.3) is 5.70 Å². The molecule has 2 aromatic carbocycles. The summed E-state index contributed by atoms with van der Waals surface area (Å²) in [5, 5.41) is 2.67. The summed E-state index contributed by atoms with van der Waals surface area (Å²) in [6.45, 7) is 6.52. The maximum absolute atomic E-state index is 12.8. The highest BCUT2D eigenvalue weighted by Crippen LogP contribution is 2.19. The Kier molecular flexibility index (Phi) is 7.06. The second kappa shape index (κ2) is 9.73. The van der Waals surface area contributed by atoms with Crippen LogP contribution < -0.4 is 16.2 Å². The summed E-state index contributed by atoms with van der Waals surface area (Å²) in [5.41, 5.74) is 7.07. The molecule has 1 heterocycles. The molecule has 0 saturated carbocycles. The molecule has 2 aromatic rings. The van der Waals surface area contributed by atoms with E-state index in [1.807, 2.05) is 0 Å². The lowest BCUT2D eigenvalue weighted by Crippen LogP contribution is -2.40. The maximum atomic E-state index is 12.8. The lowest BCUT2D eigenvalue weighted by atomic mass is 10.1. The van der Waals surface area contributed by atoms with Crippen LogP contribution in [0.15, 0.2) is 60.0 Å². The summed E-state index contributed by atoms with van der Waals surface area (Å²) in [6.07, 6.45) is 0. The van der Waals surface area contributed by atoms with Crippen molar-refractivity contribution in [3.8, 4) is 0 Å². The molecular formula is C21H24N4O5S. The standard InChI is InChI=1S/C21H24N4O5S/c1-15(17-5-3-7-19(13-17)22-16(2)26)23-24-21(27)18-6-4-8-20(14-18)31(28,29)25-9-11-30-12-10-25/h3-8,13-14,23H,1,9-12H2,2H3,(H,22,26)(H,24,27). The van der Waals surface area contributed by atoms with E-state index in [-0.39, 0.29) is 29.5 Å². The van der Waals surface area contributed by atoms with Crippen molar-refractivity contribution in [1.29, 1.82) is 0 Å². The van der Waals surface area contributed by atoms with Crippen LogP contribution >= 0.6 is 0 Å². The van der Waals surface area contributed by atoms with Gasteiger partial charge in [0.2, 0.25) is 15.9 Å². The fourth-order valence-corrected chi connectivity index (χ4v) is 4.45. The van der Waals surface area contributed by atoms with Crippen molar-refractivity contribution in [3.63, 3.8) is 0 Å². The monoisotopic (exact) mass is 444 g/mol. The number of ether oxygens (including phenoxy) is 1. The van der Waals surface area contributed by atoms with Crippen molar-refractivity contribution in [2.45, 2.75) is 11.8 Å². The van der Waals surface area contributed by atoms with Gasteiger partial charge in [0.1, 0.15) is 0 Å². The minimum absolute atomic E-state index is 0.0453. The molecule has 31 heavy (non-hydrogen) atoms. The number of morpholine rings is 1. The third-order valence-electron chi connectivity index (χ3n) is 4.56. The van der Waals surface area contributed by atoms with E-state index in [2.05, 4.69) is 22.7 Å². The molecule has 0 aliphatic carbocycles. The van der Waals surface area contributed by atoms with Gasteiger partial charge in [0.25, 0.3) is 5.91 Å². The fourth-order valence-electron chi connectivity index (χ4n) is 3.00. The van der Waals surface area contributed by atoms with Crippen LogP contribution in [0.5, 0.6) is 0 Å². The fraction of sp³-hybridized carbons (Fsp3) is 0.238. The third-order valence-corrected chi connectivity index (χ3v) is 6.46. The number of hydrazine groups is 1. The van der Waals surface area contributed by atoms with Gasteiger partial charge >= 0.3 is 0 Å². The number of anilines is 1. The van der Waals surface area contributed by atoms with Gasteiger partial charge in [-0.05, 0) is 30.3 Å². The molecule has 3 rings (SSSR count). The molecule has 1 aliphatic rings. The molecule has 10 heteroatoms. The summed E-state index contributed by atoms with van der Waals surface area (Å²) >= 11 is 0. The first kappa shape index (κ1) is 22.5. The van der Waals surface area contributed by atoms with Gasteiger partial charge in [0.15, 0.2) is 0 Å². The molecule has 0 radical (unpaired) electrons. The number of rotatable bonds is 7. The van der Waals surface area contributed by atoms with E-state index >= 15 is 0 Å². The van der Waals surface area contributed by atoms with Gasteiger partial charge in [-0.3, -0.25) is 20.4 Å². The number of nitrogens with zero attached hydrogens (tertiary/aromatic N) is 1. The van der Waals surface area contributed by atoms with Crippen LogP contribution in [0, 0.1) is 0 Å². The number of nitrogens with one attached hydrogen (secondary N) is 3. The normalized spacial score (nSPS) is 14.5. The molecule has 2 amide bonds. The van der Waals surface area contributed by atoms with Crippen molar-refractivity contribution in [1.82, 2.24) is 15.2 Å². The summed E-state index contributed by atoms with van der Waals surface area (Å²) in [4.78, 5) is 23.8. The van der Waals surface area contributed by atoms with Crippen molar-refractivity contribution in [2.75, 3.05) is 31.6 Å². The van der Waals surface area contributed by atoms with E-state index in [4.69, 9.17) is 4.74 Å². The number of benzene rings is 2. The van der Waals surface area contributed by atoms with Crippen molar-refractivity contribution < 1.29 is 22.7 Å². The largest absolute Gasteiger partial charge is 0.379 e. The molecule has 0 unspecified atom stereocenters. The molecular weight excluding hydrogens is 420 g/mol. The molecule has 0 spiro atoms. The third kappa shape index (κ3) is 5.69. The molecule has 0 bridgehead atoms. The van der Waals surface area contributed by atoms with Crippen molar-refractivity contribution >= 4 is 33.2 Å². The van der Waals surface area contributed by atoms with Crippen LogP contribution in [-0.4, -0.2) is 50.8 Å². The number of carbonyl (C=O) groups is 2. The summed E-state index contributed by atoms with van der Waals surface area (Å²) in [6, 6.07) is 12.8. The molecule has 9 nitrogen and oxygen atoms in total. The lowest BCUT2D eigenvalue weighted by molar-refractivity contribution is -0.114. The Morgan fingerprint density at radius 1 is 1.00 bits per heavy atom. The van der Waals surface area contributed by atoms with E-state index < -0.39 is 15.9 Å². The quantitative estimate of drug-likeness (QED) is 0.558.